The molecule has 6 heteroatoms. The van der Waals surface area contributed by atoms with Crippen LogP contribution in [0.5, 0.6) is 0 Å². The third kappa shape index (κ3) is 2.86. The van der Waals surface area contributed by atoms with E-state index in [2.05, 4.69) is 45.1 Å². The van der Waals surface area contributed by atoms with Crippen molar-refractivity contribution in [3.63, 3.8) is 0 Å². The van der Waals surface area contributed by atoms with Gasteiger partial charge in [-0.15, -0.1) is 11.3 Å². The Labute approximate surface area is 138 Å². The summed E-state index contributed by atoms with van der Waals surface area (Å²) in [6.45, 7) is 7.69. The first-order valence-electron chi connectivity index (χ1n) is 7.85. The summed E-state index contributed by atoms with van der Waals surface area (Å²) in [5.41, 5.74) is 2.94. The van der Waals surface area contributed by atoms with Gasteiger partial charge in [-0.1, -0.05) is 19.1 Å². The summed E-state index contributed by atoms with van der Waals surface area (Å²) in [6, 6.07) is 8.19. The van der Waals surface area contributed by atoms with Crippen molar-refractivity contribution in [2.75, 3.05) is 0 Å². The van der Waals surface area contributed by atoms with E-state index in [0.29, 0.717) is 10.5 Å². The normalized spacial score (nSPS) is 12.2. The van der Waals surface area contributed by atoms with Gasteiger partial charge in [0.25, 0.3) is 5.91 Å². The fraction of sp³-hybridized carbons (Fsp3) is 0.353. The maximum atomic E-state index is 12.5. The Morgan fingerprint density at radius 3 is 2.48 bits per heavy atom. The first-order valence-corrected chi connectivity index (χ1v) is 8.67. The van der Waals surface area contributed by atoms with Crippen LogP contribution in [0.1, 0.15) is 34.9 Å². The molecule has 0 radical (unpaired) electrons. The van der Waals surface area contributed by atoms with Gasteiger partial charge in [-0.3, -0.25) is 4.79 Å². The van der Waals surface area contributed by atoms with Crippen LogP contribution in [0, 0.1) is 6.92 Å². The van der Waals surface area contributed by atoms with E-state index in [4.69, 9.17) is 0 Å². The molecular formula is C17H20N4OS. The molecule has 3 rings (SSSR count). The van der Waals surface area contributed by atoms with Crippen molar-refractivity contribution in [3.05, 3.63) is 46.0 Å². The third-order valence-corrected chi connectivity index (χ3v) is 4.64. The number of aromatic nitrogens is 3. The quantitative estimate of drug-likeness (QED) is 0.737. The Morgan fingerprint density at radius 1 is 1.22 bits per heavy atom. The van der Waals surface area contributed by atoms with Gasteiger partial charge < -0.3 is 9.13 Å². The first-order chi connectivity index (χ1) is 11.2. The zero-order valence-corrected chi connectivity index (χ0v) is 14.4. The van der Waals surface area contributed by atoms with Crippen LogP contribution < -0.4 is 5.62 Å². The summed E-state index contributed by atoms with van der Waals surface area (Å²) in [7, 11) is 0. The molecule has 3 aromatic rings. The summed E-state index contributed by atoms with van der Waals surface area (Å²) in [5, 5.41) is 0.876. The lowest BCUT2D eigenvalue weighted by atomic mass is 10.3. The standard InChI is InChI=1S/C17H20N4OS/c1-4-10-21-14-9-7-6-8-13(14)20(5-2)17(21)19-16(22)15-11-18-12(3)23-15/h6-9,11H,4-5,10H2,1-3H3. The van der Waals surface area contributed by atoms with E-state index in [-0.39, 0.29) is 5.91 Å². The van der Waals surface area contributed by atoms with Crippen LogP contribution in [-0.4, -0.2) is 20.0 Å². The van der Waals surface area contributed by atoms with Crippen molar-refractivity contribution in [1.82, 2.24) is 14.1 Å². The summed E-state index contributed by atoms with van der Waals surface area (Å²) in [6.07, 6.45) is 2.59. The highest BCUT2D eigenvalue weighted by Crippen LogP contribution is 2.15. The number of thiazole rings is 1. The van der Waals surface area contributed by atoms with Crippen LogP contribution in [0.25, 0.3) is 11.0 Å². The molecule has 5 nitrogen and oxygen atoms in total. The van der Waals surface area contributed by atoms with Crippen molar-refractivity contribution >= 4 is 28.3 Å². The molecule has 0 aliphatic rings. The van der Waals surface area contributed by atoms with Crippen molar-refractivity contribution in [2.45, 2.75) is 40.3 Å². The minimum Gasteiger partial charge on any atom is -0.310 e. The van der Waals surface area contributed by atoms with Crippen LogP contribution >= 0.6 is 11.3 Å². The van der Waals surface area contributed by atoms with E-state index in [1.165, 1.54) is 11.3 Å². The summed E-state index contributed by atoms with van der Waals surface area (Å²) in [4.78, 5) is 21.7. The van der Waals surface area contributed by atoms with Gasteiger partial charge in [-0.2, -0.15) is 4.99 Å². The Morgan fingerprint density at radius 2 is 1.91 bits per heavy atom. The average molecular weight is 328 g/mol. The maximum absolute atomic E-state index is 12.5. The van der Waals surface area contributed by atoms with Gasteiger partial charge in [0.15, 0.2) is 0 Å². The maximum Gasteiger partial charge on any atom is 0.291 e. The Balaban J connectivity index is 2.24. The highest BCUT2D eigenvalue weighted by molar-refractivity contribution is 7.13. The molecule has 0 unspecified atom stereocenters. The molecule has 0 N–H and O–H groups in total. The van der Waals surface area contributed by atoms with Gasteiger partial charge in [-0.25, -0.2) is 4.98 Å². The molecule has 0 atom stereocenters. The number of hydrogen-bond acceptors (Lipinski definition) is 3. The topological polar surface area (TPSA) is 52.2 Å². The smallest absolute Gasteiger partial charge is 0.291 e. The van der Waals surface area contributed by atoms with E-state index in [9.17, 15) is 4.79 Å². The second kappa shape index (κ2) is 6.50. The van der Waals surface area contributed by atoms with E-state index in [1.807, 2.05) is 19.1 Å². The highest BCUT2D eigenvalue weighted by atomic mass is 32.1. The summed E-state index contributed by atoms with van der Waals surface area (Å²) >= 11 is 1.38. The fourth-order valence-electron chi connectivity index (χ4n) is 2.76. The number of carbonyl (C=O) groups is 1. The molecule has 2 aromatic heterocycles. The molecule has 2 heterocycles. The lowest BCUT2D eigenvalue weighted by Crippen LogP contribution is -2.27. The van der Waals surface area contributed by atoms with E-state index in [1.54, 1.807) is 6.20 Å². The van der Waals surface area contributed by atoms with Crippen LogP contribution in [0.3, 0.4) is 0 Å². The number of aryl methyl sites for hydroxylation is 3. The van der Waals surface area contributed by atoms with Crippen molar-refractivity contribution in [3.8, 4) is 0 Å². The van der Waals surface area contributed by atoms with Gasteiger partial charge in [0, 0.05) is 13.1 Å². The summed E-state index contributed by atoms with van der Waals surface area (Å²) < 4.78 is 4.22. The van der Waals surface area contributed by atoms with Crippen LogP contribution in [0.15, 0.2) is 35.5 Å². The third-order valence-electron chi connectivity index (χ3n) is 3.74. The van der Waals surface area contributed by atoms with E-state index in [0.717, 1.165) is 35.6 Å². The SMILES string of the molecule is CCCn1c(=NC(=O)c2cnc(C)s2)n(CC)c2ccccc21. The molecule has 0 spiro atoms. The Kier molecular flexibility index (Phi) is 4.43. The number of hydrogen-bond donors (Lipinski definition) is 0. The average Bonchev–Trinajstić information content (AvgIpc) is 3.10. The number of imidazole rings is 1. The van der Waals surface area contributed by atoms with Crippen LogP contribution in [0.2, 0.25) is 0 Å². The number of carbonyl (C=O) groups excluding carboxylic acids is 1. The van der Waals surface area contributed by atoms with Crippen LogP contribution in [-0.2, 0) is 13.1 Å². The Hall–Kier alpha value is -2.21. The van der Waals surface area contributed by atoms with Crippen LogP contribution in [0.4, 0.5) is 0 Å². The Bertz CT molecular complexity index is 916. The molecule has 0 aliphatic carbocycles. The zero-order chi connectivity index (χ0) is 16.4. The van der Waals surface area contributed by atoms with Gasteiger partial charge in [0.1, 0.15) is 4.88 Å². The number of para-hydroxylation sites is 2. The molecule has 1 amide bonds. The molecular weight excluding hydrogens is 308 g/mol. The molecule has 1 aromatic carbocycles. The predicted octanol–water partition coefficient (Wildman–Crippen LogP) is 3.38. The number of benzene rings is 1. The zero-order valence-electron chi connectivity index (χ0n) is 13.6. The monoisotopic (exact) mass is 328 g/mol. The fourth-order valence-corrected chi connectivity index (χ4v) is 3.43. The molecule has 0 fully saturated rings. The lowest BCUT2D eigenvalue weighted by molar-refractivity contribution is 0.0999. The molecule has 120 valence electrons. The highest BCUT2D eigenvalue weighted by Gasteiger charge is 2.13. The van der Waals surface area contributed by atoms with Gasteiger partial charge in [0.2, 0.25) is 5.62 Å². The van der Waals surface area contributed by atoms with Gasteiger partial charge in [0.05, 0.1) is 22.2 Å². The largest absolute Gasteiger partial charge is 0.310 e. The van der Waals surface area contributed by atoms with Crippen molar-refractivity contribution < 1.29 is 4.79 Å². The minimum atomic E-state index is -0.224. The van der Waals surface area contributed by atoms with Crippen molar-refractivity contribution in [2.24, 2.45) is 4.99 Å². The van der Waals surface area contributed by atoms with E-state index < -0.39 is 0 Å². The first kappa shape index (κ1) is 15.7. The van der Waals surface area contributed by atoms with Crippen molar-refractivity contribution in [1.29, 1.82) is 0 Å². The second-order valence-corrected chi connectivity index (χ2v) is 6.58. The molecule has 0 saturated carbocycles. The molecule has 0 bridgehead atoms. The van der Waals surface area contributed by atoms with Gasteiger partial charge >= 0.3 is 0 Å². The minimum absolute atomic E-state index is 0.224. The second-order valence-electron chi connectivity index (χ2n) is 5.35. The number of amides is 1. The molecule has 23 heavy (non-hydrogen) atoms. The number of fused-ring (bicyclic) bond motifs is 1. The number of rotatable bonds is 4. The number of nitrogens with zero attached hydrogens (tertiary/aromatic N) is 4. The van der Waals surface area contributed by atoms with E-state index >= 15 is 0 Å². The molecule has 0 aliphatic heterocycles. The predicted molar refractivity (Wildman–Crippen MR) is 92.6 cm³/mol. The lowest BCUT2D eigenvalue weighted by Gasteiger charge is -2.02. The molecule has 0 saturated heterocycles. The van der Waals surface area contributed by atoms with Gasteiger partial charge in [-0.05, 0) is 32.4 Å². The summed E-state index contributed by atoms with van der Waals surface area (Å²) in [5.74, 6) is -0.224.